The molecule has 0 aliphatic carbocycles. The molecule has 2 fully saturated rings. The quantitative estimate of drug-likeness (QED) is 0.338. The number of aromatic nitrogens is 1. The first-order valence-electron chi connectivity index (χ1n) is 11.9. The highest BCUT2D eigenvalue weighted by molar-refractivity contribution is 6.33. The molecule has 1 atom stereocenters. The topological polar surface area (TPSA) is 105 Å². The Morgan fingerprint density at radius 3 is 2.58 bits per heavy atom. The Hall–Kier alpha value is -2.85. The van der Waals surface area contributed by atoms with Crippen LogP contribution in [0.5, 0.6) is 0 Å². The number of hydrogen-bond donors (Lipinski definition) is 3. The molecular weight excluding hydrogens is 505 g/mol. The van der Waals surface area contributed by atoms with Crippen LogP contribution < -0.4 is 16.1 Å². The van der Waals surface area contributed by atoms with Crippen LogP contribution in [-0.2, 0) is 14.4 Å². The van der Waals surface area contributed by atoms with Gasteiger partial charge < -0.3 is 20.3 Å². The minimum atomic E-state index is -0.401. The molecule has 3 heterocycles. The molecule has 3 N–H and O–H groups in total. The van der Waals surface area contributed by atoms with E-state index in [1.165, 1.54) is 6.08 Å². The Bertz CT molecular complexity index is 1070. The summed E-state index contributed by atoms with van der Waals surface area (Å²) in [6.07, 6.45) is 8.51. The summed E-state index contributed by atoms with van der Waals surface area (Å²) < 4.78 is 5.41. The molecule has 192 valence electrons. The van der Waals surface area contributed by atoms with Crippen LogP contribution in [0.4, 0.5) is 16.3 Å². The van der Waals surface area contributed by atoms with E-state index in [4.69, 9.17) is 32.8 Å². The van der Waals surface area contributed by atoms with E-state index < -0.39 is 12.2 Å². The fourth-order valence-electron chi connectivity index (χ4n) is 3.94. The van der Waals surface area contributed by atoms with Crippen molar-refractivity contribution in [1.82, 2.24) is 15.4 Å². The molecule has 4 rings (SSSR count). The molecular formula is C25H29Cl2N5O4. The standard InChI is InChI=1S/C25H29Cl2N5O4/c26-18-5-7-19(8-6-18)30-25(34)32-12-10-20(11-13-32)29-24-21(27)15-17(16-28-24)4-9-22(33)31-36-23-3-1-2-14-35-23/h4-9,15-16,20,23H,1-3,10-14H2,(H,28,29)(H,30,34)(H,31,33)/b9-4+. The van der Waals surface area contributed by atoms with E-state index in [1.807, 2.05) is 0 Å². The number of carbonyl (C=O) groups is 2. The van der Waals surface area contributed by atoms with Crippen LogP contribution >= 0.6 is 23.2 Å². The maximum absolute atomic E-state index is 12.5. The van der Waals surface area contributed by atoms with E-state index in [9.17, 15) is 9.59 Å². The molecule has 2 aliphatic rings. The molecule has 2 saturated heterocycles. The molecule has 0 saturated carbocycles. The van der Waals surface area contributed by atoms with Gasteiger partial charge in [0.25, 0.3) is 5.91 Å². The molecule has 2 aromatic rings. The summed E-state index contributed by atoms with van der Waals surface area (Å²) >= 11 is 12.3. The van der Waals surface area contributed by atoms with E-state index in [2.05, 4.69) is 21.1 Å². The lowest BCUT2D eigenvalue weighted by atomic mass is 10.1. The molecule has 1 aromatic heterocycles. The van der Waals surface area contributed by atoms with Gasteiger partial charge in [0.15, 0.2) is 6.29 Å². The molecule has 0 bridgehead atoms. The van der Waals surface area contributed by atoms with E-state index in [0.717, 1.165) is 32.1 Å². The first-order chi connectivity index (χ1) is 17.5. The predicted octanol–water partition coefficient (Wildman–Crippen LogP) is 5.08. The van der Waals surface area contributed by atoms with Gasteiger partial charge in [0.1, 0.15) is 5.82 Å². The number of amides is 3. The van der Waals surface area contributed by atoms with Crippen molar-refractivity contribution < 1.29 is 19.2 Å². The maximum Gasteiger partial charge on any atom is 0.321 e. The number of hydrogen-bond acceptors (Lipinski definition) is 6. The number of nitrogens with zero attached hydrogens (tertiary/aromatic N) is 2. The monoisotopic (exact) mass is 533 g/mol. The highest BCUT2D eigenvalue weighted by atomic mass is 35.5. The van der Waals surface area contributed by atoms with Crippen molar-refractivity contribution in [3.8, 4) is 0 Å². The number of hydroxylamine groups is 1. The van der Waals surface area contributed by atoms with Gasteiger partial charge in [-0.3, -0.25) is 4.79 Å². The normalized spacial score (nSPS) is 18.7. The average molecular weight is 534 g/mol. The van der Waals surface area contributed by atoms with Crippen molar-refractivity contribution in [3.63, 3.8) is 0 Å². The summed E-state index contributed by atoms with van der Waals surface area (Å²) in [5.41, 5.74) is 3.77. The highest BCUT2D eigenvalue weighted by Crippen LogP contribution is 2.24. The zero-order chi connectivity index (χ0) is 25.3. The number of rotatable bonds is 7. The van der Waals surface area contributed by atoms with Gasteiger partial charge in [-0.05, 0) is 67.7 Å². The number of urea groups is 1. The number of anilines is 2. The van der Waals surface area contributed by atoms with Gasteiger partial charge in [0, 0.05) is 55.1 Å². The molecule has 11 heteroatoms. The zero-order valence-corrected chi connectivity index (χ0v) is 21.2. The van der Waals surface area contributed by atoms with Gasteiger partial charge in [-0.25, -0.2) is 20.1 Å². The van der Waals surface area contributed by atoms with Crippen molar-refractivity contribution in [2.45, 2.75) is 44.4 Å². The molecule has 3 amide bonds. The number of piperidine rings is 1. The minimum absolute atomic E-state index is 0.135. The predicted molar refractivity (Wildman–Crippen MR) is 140 cm³/mol. The lowest BCUT2D eigenvalue weighted by molar-refractivity contribution is -0.198. The molecule has 9 nitrogen and oxygen atoms in total. The van der Waals surface area contributed by atoms with Crippen LogP contribution in [0.1, 0.15) is 37.7 Å². The third kappa shape index (κ3) is 7.83. The lowest BCUT2D eigenvalue weighted by Crippen LogP contribution is -2.44. The van der Waals surface area contributed by atoms with Gasteiger partial charge in [0.05, 0.1) is 5.02 Å². The molecule has 36 heavy (non-hydrogen) atoms. The number of ether oxygens (including phenoxy) is 1. The summed E-state index contributed by atoms with van der Waals surface area (Å²) in [7, 11) is 0. The Morgan fingerprint density at radius 2 is 1.89 bits per heavy atom. The maximum atomic E-state index is 12.5. The summed E-state index contributed by atoms with van der Waals surface area (Å²) in [5, 5.41) is 7.32. The molecule has 0 radical (unpaired) electrons. The Balaban J connectivity index is 1.21. The fourth-order valence-corrected chi connectivity index (χ4v) is 4.30. The summed E-state index contributed by atoms with van der Waals surface area (Å²) in [4.78, 5) is 35.9. The summed E-state index contributed by atoms with van der Waals surface area (Å²) in [6.45, 7) is 1.86. The first-order valence-corrected chi connectivity index (χ1v) is 12.7. The second-order valence-electron chi connectivity index (χ2n) is 8.66. The number of benzene rings is 1. The number of nitrogens with one attached hydrogen (secondary N) is 3. The van der Waals surface area contributed by atoms with Crippen LogP contribution in [0.15, 0.2) is 42.6 Å². The smallest absolute Gasteiger partial charge is 0.321 e. The van der Waals surface area contributed by atoms with Crippen LogP contribution in [0.2, 0.25) is 10.0 Å². The van der Waals surface area contributed by atoms with Crippen molar-refractivity contribution in [1.29, 1.82) is 0 Å². The van der Waals surface area contributed by atoms with E-state index in [-0.39, 0.29) is 12.1 Å². The van der Waals surface area contributed by atoms with Crippen molar-refractivity contribution in [3.05, 3.63) is 58.2 Å². The highest BCUT2D eigenvalue weighted by Gasteiger charge is 2.23. The van der Waals surface area contributed by atoms with Crippen LogP contribution in [0, 0.1) is 0 Å². The van der Waals surface area contributed by atoms with Gasteiger partial charge in [-0.2, -0.15) is 0 Å². The SMILES string of the molecule is O=C(/C=C/c1cnc(NC2CCN(C(=O)Nc3ccc(Cl)cc3)CC2)c(Cl)c1)NOC1CCCCO1. The Kier molecular flexibility index (Phi) is 9.41. The zero-order valence-electron chi connectivity index (χ0n) is 19.7. The van der Waals surface area contributed by atoms with Crippen LogP contribution in [0.25, 0.3) is 6.08 Å². The van der Waals surface area contributed by atoms with Crippen molar-refractivity contribution in [2.24, 2.45) is 0 Å². The molecule has 2 aliphatic heterocycles. The molecule has 1 unspecified atom stereocenters. The second kappa shape index (κ2) is 12.9. The Labute approximate surface area is 220 Å². The molecule has 0 spiro atoms. The van der Waals surface area contributed by atoms with E-state index in [0.29, 0.717) is 46.8 Å². The number of pyridine rings is 1. The van der Waals surface area contributed by atoms with Gasteiger partial charge >= 0.3 is 6.03 Å². The van der Waals surface area contributed by atoms with Crippen LogP contribution in [0.3, 0.4) is 0 Å². The summed E-state index contributed by atoms with van der Waals surface area (Å²) in [6, 6.07) is 8.76. The first kappa shape index (κ1) is 26.2. The third-order valence-corrected chi connectivity index (χ3v) is 6.48. The minimum Gasteiger partial charge on any atom is -0.366 e. The van der Waals surface area contributed by atoms with Crippen molar-refractivity contribution in [2.75, 3.05) is 30.3 Å². The number of likely N-dealkylation sites (tertiary alicyclic amines) is 1. The van der Waals surface area contributed by atoms with Gasteiger partial charge in [0.2, 0.25) is 0 Å². The number of halogens is 2. The van der Waals surface area contributed by atoms with Crippen LogP contribution in [-0.4, -0.2) is 53.9 Å². The number of carbonyl (C=O) groups excluding carboxylic acids is 2. The Morgan fingerprint density at radius 1 is 1.11 bits per heavy atom. The lowest BCUT2D eigenvalue weighted by Gasteiger charge is -2.32. The second-order valence-corrected chi connectivity index (χ2v) is 9.50. The van der Waals surface area contributed by atoms with E-state index in [1.54, 1.807) is 47.5 Å². The largest absolute Gasteiger partial charge is 0.366 e. The summed E-state index contributed by atoms with van der Waals surface area (Å²) in [5.74, 6) is 0.175. The van der Waals surface area contributed by atoms with Crippen molar-refractivity contribution >= 4 is 52.7 Å². The fraction of sp³-hybridized carbons (Fsp3) is 0.400. The van der Waals surface area contributed by atoms with Gasteiger partial charge in [-0.15, -0.1) is 0 Å². The average Bonchev–Trinajstić information content (AvgIpc) is 2.90. The van der Waals surface area contributed by atoms with E-state index >= 15 is 0 Å². The van der Waals surface area contributed by atoms with Gasteiger partial charge in [-0.1, -0.05) is 23.2 Å². The molecule has 1 aromatic carbocycles. The third-order valence-electron chi connectivity index (χ3n) is 5.94.